The zero-order chi connectivity index (χ0) is 30.9. The third-order valence-corrected chi connectivity index (χ3v) is 12.9. The van der Waals surface area contributed by atoms with Crippen LogP contribution in [-0.2, 0) is 43.2 Å². The van der Waals surface area contributed by atoms with Crippen LogP contribution >= 0.6 is 0 Å². The van der Waals surface area contributed by atoms with Gasteiger partial charge in [0, 0.05) is 0 Å². The van der Waals surface area contributed by atoms with Crippen LogP contribution in [0.5, 0.6) is 0 Å². The van der Waals surface area contributed by atoms with Crippen molar-refractivity contribution in [3.8, 4) is 0 Å². The number of hydrogen-bond acceptors (Lipinski definition) is 6. The first kappa shape index (κ1) is 33.3. The number of ether oxygens (including phenoxy) is 4. The van der Waals surface area contributed by atoms with Crippen LogP contribution in [0.1, 0.15) is 37.5 Å². The van der Waals surface area contributed by atoms with Crippen LogP contribution in [0.15, 0.2) is 104 Å². The molecular weight excluding hydrogens is 556 g/mol. The molecule has 0 aliphatic heterocycles. The summed E-state index contributed by atoms with van der Waals surface area (Å²) in [5, 5.41) is 12.0. The van der Waals surface area contributed by atoms with Crippen LogP contribution in [-0.4, -0.2) is 56.7 Å². The Bertz CT molecular complexity index is 1230. The van der Waals surface area contributed by atoms with Crippen LogP contribution in [0.2, 0.25) is 18.1 Å². The van der Waals surface area contributed by atoms with Crippen molar-refractivity contribution in [1.29, 1.82) is 0 Å². The topological polar surface area (TPSA) is 66.4 Å². The molecule has 0 saturated heterocycles. The van der Waals surface area contributed by atoms with Gasteiger partial charge in [-0.25, -0.2) is 0 Å². The molecule has 232 valence electrons. The average molecular weight is 605 g/mol. The van der Waals surface area contributed by atoms with Gasteiger partial charge in [0.2, 0.25) is 0 Å². The van der Waals surface area contributed by atoms with Gasteiger partial charge in [0.1, 0.15) is 36.6 Å². The number of rotatable bonds is 14. The second kappa shape index (κ2) is 15.4. The van der Waals surface area contributed by atoms with Crippen molar-refractivity contribution in [3.63, 3.8) is 0 Å². The van der Waals surface area contributed by atoms with Gasteiger partial charge in [-0.1, -0.05) is 118 Å². The minimum atomic E-state index is -2.36. The summed E-state index contributed by atoms with van der Waals surface area (Å²) >= 11 is 0. The number of hydrogen-bond donors (Lipinski definition) is 1. The smallest absolute Gasteiger partial charge is 0.192 e. The van der Waals surface area contributed by atoms with Gasteiger partial charge in [-0.05, 0) is 34.8 Å². The van der Waals surface area contributed by atoms with Crippen molar-refractivity contribution >= 4 is 8.32 Å². The lowest BCUT2D eigenvalue weighted by Crippen LogP contribution is -2.68. The van der Waals surface area contributed by atoms with E-state index < -0.39 is 44.9 Å². The monoisotopic (exact) mass is 604 g/mol. The van der Waals surface area contributed by atoms with Crippen molar-refractivity contribution in [1.82, 2.24) is 0 Å². The molecule has 1 fully saturated rings. The third-order valence-electron chi connectivity index (χ3n) is 8.47. The van der Waals surface area contributed by atoms with Gasteiger partial charge in [-0.2, -0.15) is 0 Å². The van der Waals surface area contributed by atoms with E-state index in [1.165, 1.54) is 0 Å². The summed E-state index contributed by atoms with van der Waals surface area (Å²) in [6.45, 7) is 16.1. The standard InChI is InChI=1S/C36H48O6Si/c1-7-23-38-34-32(42-43(5,6)36(2,3)4)30(37)31(39-24-27-17-11-8-12-18-27)33(40-25-28-19-13-9-14-20-28)35(34)41-26-29-21-15-10-16-22-29/h7-22,30-35,37H,1,23-26H2,2-6H3/t30-,31+,32-,33-,34-,35-/m1/s1. The Morgan fingerprint density at radius 1 is 0.628 bits per heavy atom. The van der Waals surface area contributed by atoms with Crippen LogP contribution in [0.4, 0.5) is 0 Å². The molecule has 0 aromatic heterocycles. The molecule has 0 spiro atoms. The third kappa shape index (κ3) is 8.96. The fourth-order valence-electron chi connectivity index (χ4n) is 5.03. The Labute approximate surface area is 258 Å². The number of aliphatic hydroxyl groups excluding tert-OH is 1. The average Bonchev–Trinajstić information content (AvgIpc) is 3.00. The van der Waals surface area contributed by atoms with E-state index in [9.17, 15) is 5.11 Å². The molecule has 43 heavy (non-hydrogen) atoms. The molecule has 0 unspecified atom stereocenters. The van der Waals surface area contributed by atoms with Crippen molar-refractivity contribution in [2.75, 3.05) is 6.61 Å². The Hall–Kier alpha value is -2.62. The molecular formula is C36H48O6Si. The maximum absolute atomic E-state index is 12.1. The quantitative estimate of drug-likeness (QED) is 0.157. The largest absolute Gasteiger partial charge is 0.408 e. The van der Waals surface area contributed by atoms with Gasteiger partial charge in [0.25, 0.3) is 0 Å². The zero-order valence-corrected chi connectivity index (χ0v) is 27.2. The molecule has 0 heterocycles. The highest BCUT2D eigenvalue weighted by molar-refractivity contribution is 6.74. The molecule has 1 aliphatic carbocycles. The first-order chi connectivity index (χ1) is 20.6. The fourth-order valence-corrected chi connectivity index (χ4v) is 6.34. The van der Waals surface area contributed by atoms with E-state index in [4.69, 9.17) is 23.4 Å². The molecule has 7 heteroatoms. The molecule has 0 radical (unpaired) electrons. The molecule has 6 nitrogen and oxygen atoms in total. The maximum atomic E-state index is 12.1. The molecule has 1 aliphatic rings. The SMILES string of the molecule is C=CCO[C@H]1[C@H](OCc2ccccc2)[C@H](OCc2ccccc2)[C@@H](OCc2ccccc2)[C@@H](O)[C@H]1O[Si](C)(C)C(C)(C)C. The van der Waals surface area contributed by atoms with E-state index in [1.54, 1.807) is 6.08 Å². The van der Waals surface area contributed by atoms with E-state index in [0.717, 1.165) is 16.7 Å². The van der Waals surface area contributed by atoms with E-state index in [-0.39, 0.29) is 11.6 Å². The summed E-state index contributed by atoms with van der Waals surface area (Å²) in [7, 11) is -2.36. The highest BCUT2D eigenvalue weighted by atomic mass is 28.4. The summed E-state index contributed by atoms with van der Waals surface area (Å²) in [5.41, 5.74) is 3.05. The minimum absolute atomic E-state index is 0.0862. The first-order valence-electron chi connectivity index (χ1n) is 15.2. The van der Waals surface area contributed by atoms with Crippen LogP contribution in [0.25, 0.3) is 0 Å². The highest BCUT2D eigenvalue weighted by Crippen LogP contribution is 2.41. The molecule has 3 aromatic rings. The Morgan fingerprint density at radius 3 is 1.40 bits per heavy atom. The Morgan fingerprint density at radius 2 is 1.00 bits per heavy atom. The first-order valence-corrected chi connectivity index (χ1v) is 18.1. The van der Waals surface area contributed by atoms with Gasteiger partial charge in [-0.3, -0.25) is 0 Å². The van der Waals surface area contributed by atoms with Crippen LogP contribution < -0.4 is 0 Å². The van der Waals surface area contributed by atoms with E-state index in [1.807, 2.05) is 91.0 Å². The van der Waals surface area contributed by atoms with Gasteiger partial charge >= 0.3 is 0 Å². The van der Waals surface area contributed by atoms with E-state index in [0.29, 0.717) is 19.8 Å². The molecule has 0 bridgehead atoms. The summed E-state index contributed by atoms with van der Waals surface area (Å²) in [6, 6.07) is 30.0. The van der Waals surface area contributed by atoms with E-state index in [2.05, 4.69) is 40.4 Å². The summed E-state index contributed by atoms with van der Waals surface area (Å²) in [5.74, 6) is 0. The molecule has 1 N–H and O–H groups in total. The molecule has 3 aromatic carbocycles. The predicted octanol–water partition coefficient (Wildman–Crippen LogP) is 7.08. The second-order valence-corrected chi connectivity index (χ2v) is 17.5. The number of aliphatic hydroxyl groups is 1. The lowest BCUT2D eigenvalue weighted by Gasteiger charge is -2.51. The van der Waals surface area contributed by atoms with Crippen molar-refractivity contribution in [2.45, 2.75) is 95.3 Å². The Balaban J connectivity index is 1.73. The Kier molecular flexibility index (Phi) is 11.9. The van der Waals surface area contributed by atoms with Crippen molar-refractivity contribution < 1.29 is 28.5 Å². The number of benzene rings is 3. The van der Waals surface area contributed by atoms with Gasteiger partial charge in [0.05, 0.1) is 26.4 Å². The lowest BCUT2D eigenvalue weighted by molar-refractivity contribution is -0.267. The van der Waals surface area contributed by atoms with E-state index >= 15 is 0 Å². The van der Waals surface area contributed by atoms with Gasteiger partial charge < -0.3 is 28.5 Å². The fraction of sp³-hybridized carbons (Fsp3) is 0.444. The molecule has 4 rings (SSSR count). The maximum Gasteiger partial charge on any atom is 0.192 e. The van der Waals surface area contributed by atoms with Gasteiger partial charge in [-0.15, -0.1) is 6.58 Å². The van der Waals surface area contributed by atoms with Crippen molar-refractivity contribution in [2.24, 2.45) is 0 Å². The molecule has 1 saturated carbocycles. The molecule has 0 amide bonds. The van der Waals surface area contributed by atoms with Crippen LogP contribution in [0.3, 0.4) is 0 Å². The van der Waals surface area contributed by atoms with Gasteiger partial charge in [0.15, 0.2) is 8.32 Å². The zero-order valence-electron chi connectivity index (χ0n) is 26.2. The summed E-state index contributed by atoms with van der Waals surface area (Å²) in [4.78, 5) is 0. The predicted molar refractivity (Wildman–Crippen MR) is 173 cm³/mol. The minimum Gasteiger partial charge on any atom is -0.408 e. The van der Waals surface area contributed by atoms with Crippen LogP contribution in [0, 0.1) is 0 Å². The lowest BCUT2D eigenvalue weighted by atomic mass is 9.84. The summed E-state index contributed by atoms with van der Waals surface area (Å²) < 4.78 is 33.3. The van der Waals surface area contributed by atoms with Crippen molar-refractivity contribution in [3.05, 3.63) is 120 Å². The second-order valence-electron chi connectivity index (χ2n) is 12.7. The summed E-state index contributed by atoms with van der Waals surface area (Å²) in [6.07, 6.45) is -2.60. The molecule has 6 atom stereocenters. The normalized spacial score (nSPS) is 24.5. The highest BCUT2D eigenvalue weighted by Gasteiger charge is 2.56.